The van der Waals surface area contributed by atoms with Gasteiger partial charge in [0, 0.05) is 0 Å². The van der Waals surface area contributed by atoms with Crippen molar-refractivity contribution in [2.24, 2.45) is 0 Å². The van der Waals surface area contributed by atoms with Gasteiger partial charge in [-0.25, -0.2) is 0 Å². The largest absolute Gasteiger partial charge is 0.454 e. The van der Waals surface area contributed by atoms with Gasteiger partial charge in [-0.05, 0) is 26.0 Å². The van der Waals surface area contributed by atoms with Crippen molar-refractivity contribution in [2.45, 2.75) is 27.7 Å². The Morgan fingerprint density at radius 3 is 2.23 bits per heavy atom. The van der Waals surface area contributed by atoms with Crippen LogP contribution in [0.5, 0.6) is 0 Å². The van der Waals surface area contributed by atoms with Crippen LogP contribution in [-0.4, -0.2) is 6.79 Å². The van der Waals surface area contributed by atoms with Crippen LogP contribution in [0.3, 0.4) is 0 Å². The van der Waals surface area contributed by atoms with E-state index in [4.69, 9.17) is 9.47 Å². The molecular formula is C11H18O2. The van der Waals surface area contributed by atoms with E-state index >= 15 is 0 Å². The third kappa shape index (κ3) is 3.83. The van der Waals surface area contributed by atoms with Crippen molar-refractivity contribution >= 4 is 0 Å². The molecule has 1 heterocycles. The highest BCUT2D eigenvalue weighted by molar-refractivity contribution is 5.26. The zero-order valence-electron chi connectivity index (χ0n) is 8.89. The van der Waals surface area contributed by atoms with Gasteiger partial charge < -0.3 is 9.47 Å². The molecule has 0 saturated heterocycles. The average molecular weight is 182 g/mol. The number of allylic oxidation sites excluding steroid dienone is 3. The lowest BCUT2D eigenvalue weighted by Gasteiger charge is -1.93. The summed E-state index contributed by atoms with van der Waals surface area (Å²) in [4.78, 5) is 0. The van der Waals surface area contributed by atoms with Crippen LogP contribution in [0.1, 0.15) is 27.7 Å². The lowest BCUT2D eigenvalue weighted by atomic mass is 10.3. The molecule has 0 radical (unpaired) electrons. The first-order valence-corrected chi connectivity index (χ1v) is 4.51. The van der Waals surface area contributed by atoms with Crippen molar-refractivity contribution in [1.82, 2.24) is 0 Å². The van der Waals surface area contributed by atoms with Crippen molar-refractivity contribution in [3.8, 4) is 0 Å². The molecule has 0 fully saturated rings. The number of hydrogen-bond acceptors (Lipinski definition) is 2. The minimum Gasteiger partial charge on any atom is -0.454 e. The first kappa shape index (κ1) is 11.8. The fourth-order valence-electron chi connectivity index (χ4n) is 0.833. The number of hydrogen-bond donors (Lipinski definition) is 0. The van der Waals surface area contributed by atoms with Gasteiger partial charge in [0.15, 0.2) is 11.5 Å². The molecule has 0 aliphatic carbocycles. The Balaban J connectivity index is 0.000000671. The van der Waals surface area contributed by atoms with Gasteiger partial charge in [0.2, 0.25) is 6.79 Å². The Bertz CT molecular complexity index is 220. The minimum absolute atomic E-state index is 0.306. The van der Waals surface area contributed by atoms with Crippen LogP contribution in [0.2, 0.25) is 0 Å². The molecule has 0 atom stereocenters. The standard InChI is InChI=1S/C9H12O2.C2H6/c1-4-8-9(5-7(2)3)11-6-10-8;1-2/h4-5H,1,6H2,2-3H3;1-2H3. The molecule has 1 aliphatic heterocycles. The van der Waals surface area contributed by atoms with Gasteiger partial charge in [-0.2, -0.15) is 0 Å². The predicted molar refractivity (Wildman–Crippen MR) is 55.0 cm³/mol. The van der Waals surface area contributed by atoms with Gasteiger partial charge in [-0.15, -0.1) is 0 Å². The van der Waals surface area contributed by atoms with E-state index in [0.29, 0.717) is 6.79 Å². The van der Waals surface area contributed by atoms with Gasteiger partial charge in [0.25, 0.3) is 0 Å². The average Bonchev–Trinajstić information content (AvgIpc) is 2.54. The normalized spacial score (nSPS) is 13.5. The summed E-state index contributed by atoms with van der Waals surface area (Å²) in [6.45, 7) is 11.9. The Labute approximate surface area is 80.5 Å². The van der Waals surface area contributed by atoms with E-state index in [2.05, 4.69) is 6.58 Å². The van der Waals surface area contributed by atoms with E-state index in [1.54, 1.807) is 6.08 Å². The molecule has 0 bridgehead atoms. The van der Waals surface area contributed by atoms with Crippen molar-refractivity contribution in [3.05, 3.63) is 35.8 Å². The summed E-state index contributed by atoms with van der Waals surface area (Å²) >= 11 is 0. The third-order valence-corrected chi connectivity index (χ3v) is 1.28. The van der Waals surface area contributed by atoms with Crippen molar-refractivity contribution in [2.75, 3.05) is 6.79 Å². The second kappa shape index (κ2) is 6.35. The van der Waals surface area contributed by atoms with Crippen LogP contribution in [0.4, 0.5) is 0 Å². The van der Waals surface area contributed by atoms with Crippen LogP contribution in [0, 0.1) is 0 Å². The van der Waals surface area contributed by atoms with E-state index in [1.165, 1.54) is 5.57 Å². The minimum atomic E-state index is 0.306. The van der Waals surface area contributed by atoms with E-state index in [-0.39, 0.29) is 0 Å². The molecule has 1 aliphatic rings. The maximum absolute atomic E-state index is 5.18. The maximum atomic E-state index is 5.18. The van der Waals surface area contributed by atoms with Crippen molar-refractivity contribution in [3.63, 3.8) is 0 Å². The Hall–Kier alpha value is -1.18. The monoisotopic (exact) mass is 182 g/mol. The second-order valence-electron chi connectivity index (χ2n) is 2.56. The summed E-state index contributed by atoms with van der Waals surface area (Å²) in [5.74, 6) is 1.51. The summed E-state index contributed by atoms with van der Waals surface area (Å²) in [5.41, 5.74) is 1.19. The molecule has 13 heavy (non-hydrogen) atoms. The lowest BCUT2D eigenvalue weighted by molar-refractivity contribution is 0.0778. The molecule has 0 amide bonds. The molecule has 1 rings (SSSR count). The molecule has 0 N–H and O–H groups in total. The molecule has 74 valence electrons. The van der Waals surface area contributed by atoms with E-state index < -0.39 is 0 Å². The van der Waals surface area contributed by atoms with Crippen LogP contribution in [0.15, 0.2) is 35.8 Å². The molecule has 0 spiro atoms. The Morgan fingerprint density at radius 1 is 1.23 bits per heavy atom. The maximum Gasteiger partial charge on any atom is 0.231 e. The first-order valence-electron chi connectivity index (χ1n) is 4.51. The zero-order valence-corrected chi connectivity index (χ0v) is 8.89. The smallest absolute Gasteiger partial charge is 0.231 e. The number of rotatable bonds is 2. The van der Waals surface area contributed by atoms with Crippen LogP contribution >= 0.6 is 0 Å². The van der Waals surface area contributed by atoms with Crippen molar-refractivity contribution in [1.29, 1.82) is 0 Å². The van der Waals surface area contributed by atoms with E-state index in [1.807, 2.05) is 33.8 Å². The van der Waals surface area contributed by atoms with E-state index in [9.17, 15) is 0 Å². The highest BCUT2D eigenvalue weighted by atomic mass is 16.7. The van der Waals surface area contributed by atoms with Gasteiger partial charge in [0.05, 0.1) is 0 Å². The third-order valence-electron chi connectivity index (χ3n) is 1.28. The summed E-state index contributed by atoms with van der Waals surface area (Å²) in [6, 6.07) is 0. The summed E-state index contributed by atoms with van der Waals surface area (Å²) in [6.07, 6.45) is 3.59. The molecule has 0 saturated carbocycles. The van der Waals surface area contributed by atoms with Gasteiger partial charge in [-0.3, -0.25) is 0 Å². The zero-order chi connectivity index (χ0) is 10.3. The summed E-state index contributed by atoms with van der Waals surface area (Å²) < 4.78 is 10.3. The fraction of sp³-hybridized carbons (Fsp3) is 0.455. The molecule has 0 aromatic rings. The topological polar surface area (TPSA) is 18.5 Å². The molecule has 0 aromatic carbocycles. The quantitative estimate of drug-likeness (QED) is 0.651. The van der Waals surface area contributed by atoms with Gasteiger partial charge in [0.1, 0.15) is 0 Å². The molecule has 2 nitrogen and oxygen atoms in total. The Kier molecular flexibility index (Phi) is 5.77. The lowest BCUT2D eigenvalue weighted by Crippen LogP contribution is -1.81. The molecule has 0 unspecified atom stereocenters. The van der Waals surface area contributed by atoms with Crippen LogP contribution in [0.25, 0.3) is 0 Å². The predicted octanol–water partition coefficient (Wildman–Crippen LogP) is 3.38. The summed E-state index contributed by atoms with van der Waals surface area (Å²) in [7, 11) is 0. The first-order chi connectivity index (χ1) is 6.24. The van der Waals surface area contributed by atoms with Crippen LogP contribution < -0.4 is 0 Å². The molecular weight excluding hydrogens is 164 g/mol. The van der Waals surface area contributed by atoms with Crippen molar-refractivity contribution < 1.29 is 9.47 Å². The van der Waals surface area contributed by atoms with Gasteiger partial charge in [-0.1, -0.05) is 26.0 Å². The summed E-state index contributed by atoms with van der Waals surface area (Å²) in [5, 5.41) is 0. The highest BCUT2D eigenvalue weighted by Crippen LogP contribution is 2.18. The van der Waals surface area contributed by atoms with Crippen LogP contribution in [-0.2, 0) is 9.47 Å². The SMILES string of the molecule is C=CC1=C(C=C(C)C)OCO1.CC. The second-order valence-corrected chi connectivity index (χ2v) is 2.56. The molecule has 2 heteroatoms. The van der Waals surface area contributed by atoms with Gasteiger partial charge >= 0.3 is 0 Å². The Morgan fingerprint density at radius 2 is 1.77 bits per heavy atom. The molecule has 0 aromatic heterocycles. The van der Waals surface area contributed by atoms with E-state index in [0.717, 1.165) is 11.5 Å². The number of ether oxygens (including phenoxy) is 2. The fourth-order valence-corrected chi connectivity index (χ4v) is 0.833. The highest BCUT2D eigenvalue weighted by Gasteiger charge is 2.11.